The number of benzene rings is 1. The molecule has 0 saturated carbocycles. The highest BCUT2D eigenvalue weighted by molar-refractivity contribution is 5.69. The van der Waals surface area contributed by atoms with Gasteiger partial charge in [-0.25, -0.2) is 4.79 Å². The van der Waals surface area contributed by atoms with Crippen LogP contribution in [0, 0.1) is 0 Å². The second kappa shape index (κ2) is 14.8. The van der Waals surface area contributed by atoms with Gasteiger partial charge in [0.15, 0.2) is 18.5 Å². The van der Waals surface area contributed by atoms with E-state index in [9.17, 15) is 19.2 Å². The molecule has 198 valence electrons. The van der Waals surface area contributed by atoms with Crippen molar-refractivity contribution < 1.29 is 47.6 Å². The lowest BCUT2D eigenvalue weighted by molar-refractivity contribution is -0.277. The molecule has 1 aliphatic heterocycles. The van der Waals surface area contributed by atoms with Gasteiger partial charge in [-0.3, -0.25) is 14.4 Å². The molecule has 0 spiro atoms. The van der Waals surface area contributed by atoms with Gasteiger partial charge in [-0.1, -0.05) is 36.4 Å². The predicted molar refractivity (Wildman–Crippen MR) is 125 cm³/mol. The van der Waals surface area contributed by atoms with Crippen LogP contribution < -0.4 is 5.32 Å². The second-order valence-corrected chi connectivity index (χ2v) is 8.03. The molecule has 5 atom stereocenters. The first-order chi connectivity index (χ1) is 17.2. The van der Waals surface area contributed by atoms with Gasteiger partial charge in [-0.05, 0) is 18.4 Å². The average molecular weight is 508 g/mol. The Kier molecular flexibility index (Phi) is 11.9. The third-order valence-electron chi connectivity index (χ3n) is 5.03. The highest BCUT2D eigenvalue weighted by Crippen LogP contribution is 2.28. The van der Waals surface area contributed by atoms with Crippen LogP contribution in [-0.4, -0.2) is 67.9 Å². The predicted octanol–water partition coefficient (Wildman–Crippen LogP) is 2.42. The maximum atomic E-state index is 12.7. The van der Waals surface area contributed by atoms with Crippen molar-refractivity contribution in [2.45, 2.75) is 70.9 Å². The summed E-state index contributed by atoms with van der Waals surface area (Å²) in [6.45, 7) is 7.13. The number of esters is 3. The number of hydrogen-bond acceptors (Lipinski definition) is 10. The minimum atomic E-state index is -1.23. The van der Waals surface area contributed by atoms with Gasteiger partial charge in [-0.15, -0.1) is 6.58 Å². The highest BCUT2D eigenvalue weighted by atomic mass is 16.7. The molecule has 1 N–H and O–H groups in total. The Hall–Kier alpha value is -3.44. The molecule has 0 aliphatic carbocycles. The number of carbonyl (C=O) groups excluding carboxylic acids is 4. The number of unbranched alkanes of at least 4 members (excludes halogenated alkanes) is 1. The Labute approximate surface area is 210 Å². The Bertz CT molecular complexity index is 890. The zero-order chi connectivity index (χ0) is 26.5. The lowest BCUT2D eigenvalue weighted by Crippen LogP contribution is -2.66. The zero-order valence-electron chi connectivity index (χ0n) is 20.7. The molecule has 36 heavy (non-hydrogen) atoms. The fourth-order valence-corrected chi connectivity index (χ4v) is 3.53. The molecule has 1 aromatic carbocycles. The summed E-state index contributed by atoms with van der Waals surface area (Å²) in [4.78, 5) is 47.9. The minimum absolute atomic E-state index is 0.00814. The Morgan fingerprint density at radius 3 is 2.25 bits per heavy atom. The van der Waals surface area contributed by atoms with Crippen LogP contribution >= 0.6 is 0 Å². The molecular weight excluding hydrogens is 474 g/mol. The van der Waals surface area contributed by atoms with E-state index in [0.717, 1.165) is 5.56 Å². The standard InChI is InChI=1S/C25H33NO10/c1-5-6-10-13-31-24-21(26-25(30)33-14-19-11-8-7-9-12-19)23(35-18(4)29)22(34-17(3)28)20(36-24)15-32-16(2)27/h5,7-9,11-12,20-24H,1,6,10,13-15H2,2-4H3,(H,26,30)/t20-,21+,22-,23-,24?/m1/s1. The van der Waals surface area contributed by atoms with Crippen LogP contribution in [0.25, 0.3) is 0 Å². The number of rotatable bonds is 12. The Morgan fingerprint density at radius 1 is 0.972 bits per heavy atom. The first kappa shape index (κ1) is 28.8. The minimum Gasteiger partial charge on any atom is -0.463 e. The Morgan fingerprint density at radius 2 is 1.64 bits per heavy atom. The van der Waals surface area contributed by atoms with E-state index < -0.39 is 54.6 Å². The monoisotopic (exact) mass is 507 g/mol. The molecule has 1 aliphatic rings. The van der Waals surface area contributed by atoms with E-state index in [1.54, 1.807) is 18.2 Å². The molecule has 11 nitrogen and oxygen atoms in total. The van der Waals surface area contributed by atoms with Crippen LogP contribution in [0.2, 0.25) is 0 Å². The van der Waals surface area contributed by atoms with Crippen molar-refractivity contribution in [3.63, 3.8) is 0 Å². The van der Waals surface area contributed by atoms with Gasteiger partial charge in [-0.2, -0.15) is 0 Å². The van der Waals surface area contributed by atoms with E-state index >= 15 is 0 Å². The SMILES string of the molecule is C=CCCCOC1O[C@H](COC(C)=O)[C@@H](OC(C)=O)[C@H](OC(C)=O)[C@@H]1NC(=O)OCc1ccccc1. The van der Waals surface area contributed by atoms with E-state index in [2.05, 4.69) is 11.9 Å². The summed E-state index contributed by atoms with van der Waals surface area (Å²) in [5.74, 6) is -1.97. The summed E-state index contributed by atoms with van der Waals surface area (Å²) >= 11 is 0. The van der Waals surface area contributed by atoms with Gasteiger partial charge in [0.05, 0.1) is 6.61 Å². The lowest BCUT2D eigenvalue weighted by atomic mass is 9.96. The molecule has 0 aromatic heterocycles. The van der Waals surface area contributed by atoms with Gasteiger partial charge >= 0.3 is 24.0 Å². The number of amides is 1. The molecular formula is C25H33NO10. The largest absolute Gasteiger partial charge is 0.463 e. The van der Waals surface area contributed by atoms with Crippen molar-refractivity contribution in [3.8, 4) is 0 Å². The number of alkyl carbamates (subject to hydrolysis) is 1. The van der Waals surface area contributed by atoms with Crippen molar-refractivity contribution in [2.75, 3.05) is 13.2 Å². The molecule has 1 fully saturated rings. The smallest absolute Gasteiger partial charge is 0.407 e. The molecule has 1 saturated heterocycles. The normalized spacial score (nSPS) is 23.1. The maximum Gasteiger partial charge on any atom is 0.407 e. The van der Waals surface area contributed by atoms with E-state index in [1.807, 2.05) is 18.2 Å². The molecule has 0 bridgehead atoms. The van der Waals surface area contributed by atoms with Crippen LogP contribution in [0.3, 0.4) is 0 Å². The van der Waals surface area contributed by atoms with Crippen molar-refractivity contribution in [1.82, 2.24) is 5.32 Å². The molecule has 1 heterocycles. The number of nitrogens with one attached hydrogen (secondary N) is 1. The van der Waals surface area contributed by atoms with E-state index in [0.29, 0.717) is 12.8 Å². The summed E-state index contributed by atoms with van der Waals surface area (Å²) in [6, 6.07) is 7.92. The van der Waals surface area contributed by atoms with Crippen molar-refractivity contribution in [3.05, 3.63) is 48.6 Å². The van der Waals surface area contributed by atoms with Crippen molar-refractivity contribution in [2.24, 2.45) is 0 Å². The van der Waals surface area contributed by atoms with Gasteiger partial charge in [0.1, 0.15) is 25.4 Å². The highest BCUT2D eigenvalue weighted by Gasteiger charge is 2.51. The van der Waals surface area contributed by atoms with Crippen LogP contribution in [0.15, 0.2) is 43.0 Å². The quantitative estimate of drug-likeness (QED) is 0.194. The van der Waals surface area contributed by atoms with E-state index in [4.69, 9.17) is 28.4 Å². The summed E-state index contributed by atoms with van der Waals surface area (Å²) in [5.41, 5.74) is 0.764. The molecule has 0 radical (unpaired) electrons. The molecule has 1 aromatic rings. The number of allylic oxidation sites excluding steroid dienone is 1. The molecule has 1 amide bonds. The maximum absolute atomic E-state index is 12.7. The molecule has 11 heteroatoms. The van der Waals surface area contributed by atoms with Crippen LogP contribution in [0.1, 0.15) is 39.2 Å². The van der Waals surface area contributed by atoms with Crippen LogP contribution in [-0.2, 0) is 49.4 Å². The number of ether oxygens (including phenoxy) is 6. The van der Waals surface area contributed by atoms with E-state index in [-0.39, 0.29) is 19.8 Å². The second-order valence-electron chi connectivity index (χ2n) is 8.03. The Balaban J connectivity index is 2.29. The molecule has 1 unspecified atom stereocenters. The topological polar surface area (TPSA) is 136 Å². The van der Waals surface area contributed by atoms with Gasteiger partial charge in [0.2, 0.25) is 0 Å². The van der Waals surface area contributed by atoms with E-state index in [1.165, 1.54) is 20.8 Å². The average Bonchev–Trinajstić information content (AvgIpc) is 2.82. The first-order valence-electron chi connectivity index (χ1n) is 11.5. The van der Waals surface area contributed by atoms with Gasteiger partial charge < -0.3 is 33.7 Å². The third kappa shape index (κ3) is 9.67. The summed E-state index contributed by atoms with van der Waals surface area (Å²) < 4.78 is 33.0. The summed E-state index contributed by atoms with van der Waals surface area (Å²) in [5, 5.41) is 2.62. The van der Waals surface area contributed by atoms with Crippen LogP contribution in [0.5, 0.6) is 0 Å². The van der Waals surface area contributed by atoms with Gasteiger partial charge in [0, 0.05) is 20.8 Å². The third-order valence-corrected chi connectivity index (χ3v) is 5.03. The van der Waals surface area contributed by atoms with Crippen LogP contribution in [0.4, 0.5) is 4.79 Å². The number of hydrogen-bond donors (Lipinski definition) is 1. The fraction of sp³-hybridized carbons (Fsp3) is 0.520. The van der Waals surface area contributed by atoms with Crippen molar-refractivity contribution in [1.29, 1.82) is 0 Å². The molecule has 2 rings (SSSR count). The first-order valence-corrected chi connectivity index (χ1v) is 11.5. The fourth-order valence-electron chi connectivity index (χ4n) is 3.53. The summed E-state index contributed by atoms with van der Waals surface area (Å²) in [7, 11) is 0. The van der Waals surface area contributed by atoms with Crippen molar-refractivity contribution >= 4 is 24.0 Å². The lowest BCUT2D eigenvalue weighted by Gasteiger charge is -2.44. The van der Waals surface area contributed by atoms with Gasteiger partial charge in [0.25, 0.3) is 0 Å². The summed E-state index contributed by atoms with van der Waals surface area (Å²) in [6.07, 6.45) is -2.44. The number of carbonyl (C=O) groups is 4. The zero-order valence-corrected chi connectivity index (χ0v) is 20.7.